The molecular weight excluding hydrogens is 412 g/mol. The standard InChI is InChI=1S/C24H26N2O4S/c1-18(26(31(3,28)29)21-14-16-22(30-2)17-15-21)24(27)25-23(19-10-6-4-7-11-19)20-12-8-5-9-13-20/h4-18,23H,1-3H3,(H,25,27)/t18-/m1/s1. The highest BCUT2D eigenvalue weighted by atomic mass is 32.2. The van der Waals surface area contributed by atoms with Crippen LogP contribution in [0.2, 0.25) is 0 Å². The van der Waals surface area contributed by atoms with Gasteiger partial charge in [-0.1, -0.05) is 60.7 Å². The van der Waals surface area contributed by atoms with Crippen LogP contribution in [-0.4, -0.2) is 33.7 Å². The van der Waals surface area contributed by atoms with Crippen LogP contribution in [0.3, 0.4) is 0 Å². The van der Waals surface area contributed by atoms with E-state index < -0.39 is 28.0 Å². The predicted octanol–water partition coefficient (Wildman–Crippen LogP) is 3.76. The van der Waals surface area contributed by atoms with E-state index in [0.717, 1.165) is 21.7 Å². The summed E-state index contributed by atoms with van der Waals surface area (Å²) >= 11 is 0. The number of anilines is 1. The second kappa shape index (κ2) is 9.66. The summed E-state index contributed by atoms with van der Waals surface area (Å²) in [6.07, 6.45) is 1.09. The van der Waals surface area contributed by atoms with Crippen LogP contribution < -0.4 is 14.4 Å². The lowest BCUT2D eigenvalue weighted by Gasteiger charge is -2.30. The molecule has 1 amide bonds. The van der Waals surface area contributed by atoms with Gasteiger partial charge in [0.2, 0.25) is 15.9 Å². The number of rotatable bonds is 8. The van der Waals surface area contributed by atoms with Gasteiger partial charge in [-0.05, 0) is 42.3 Å². The van der Waals surface area contributed by atoms with E-state index in [1.807, 2.05) is 60.7 Å². The zero-order chi connectivity index (χ0) is 22.4. The molecule has 0 spiro atoms. The van der Waals surface area contributed by atoms with Gasteiger partial charge >= 0.3 is 0 Å². The van der Waals surface area contributed by atoms with Crippen LogP contribution in [0.5, 0.6) is 5.75 Å². The zero-order valence-corrected chi connectivity index (χ0v) is 18.5. The molecule has 31 heavy (non-hydrogen) atoms. The Morgan fingerprint density at radius 1 is 0.871 bits per heavy atom. The van der Waals surface area contributed by atoms with E-state index in [0.29, 0.717) is 11.4 Å². The summed E-state index contributed by atoms with van der Waals surface area (Å²) in [5.41, 5.74) is 2.20. The zero-order valence-electron chi connectivity index (χ0n) is 17.7. The van der Waals surface area contributed by atoms with Gasteiger partial charge in [0, 0.05) is 0 Å². The summed E-state index contributed by atoms with van der Waals surface area (Å²) in [5, 5.41) is 3.02. The number of carbonyl (C=O) groups excluding carboxylic acids is 1. The van der Waals surface area contributed by atoms with Crippen LogP contribution in [0.1, 0.15) is 24.1 Å². The molecule has 0 radical (unpaired) electrons. The van der Waals surface area contributed by atoms with Crippen molar-refractivity contribution in [2.75, 3.05) is 17.7 Å². The number of hydrogen-bond donors (Lipinski definition) is 1. The third-order valence-electron chi connectivity index (χ3n) is 4.97. The molecule has 0 aliphatic rings. The molecule has 3 aromatic carbocycles. The van der Waals surface area contributed by atoms with Crippen molar-refractivity contribution >= 4 is 21.6 Å². The lowest BCUT2D eigenvalue weighted by molar-refractivity contribution is -0.122. The molecule has 0 aliphatic heterocycles. The van der Waals surface area contributed by atoms with Gasteiger partial charge in [-0.15, -0.1) is 0 Å². The molecule has 1 atom stereocenters. The molecular formula is C24H26N2O4S. The molecule has 0 aliphatic carbocycles. The van der Waals surface area contributed by atoms with E-state index in [2.05, 4.69) is 5.32 Å². The Morgan fingerprint density at radius 2 is 1.35 bits per heavy atom. The minimum absolute atomic E-state index is 0.391. The van der Waals surface area contributed by atoms with E-state index in [9.17, 15) is 13.2 Å². The van der Waals surface area contributed by atoms with E-state index >= 15 is 0 Å². The molecule has 3 rings (SSSR count). The number of amides is 1. The van der Waals surface area contributed by atoms with Gasteiger partial charge in [0.1, 0.15) is 11.8 Å². The lowest BCUT2D eigenvalue weighted by atomic mass is 9.98. The number of carbonyl (C=O) groups is 1. The highest BCUT2D eigenvalue weighted by Gasteiger charge is 2.30. The monoisotopic (exact) mass is 438 g/mol. The Labute approximate surface area is 183 Å². The van der Waals surface area contributed by atoms with E-state index in [1.165, 1.54) is 7.11 Å². The Hall–Kier alpha value is -3.32. The predicted molar refractivity (Wildman–Crippen MR) is 123 cm³/mol. The summed E-state index contributed by atoms with van der Waals surface area (Å²) in [6, 6.07) is 24.4. The van der Waals surface area contributed by atoms with Gasteiger partial charge in [-0.3, -0.25) is 9.10 Å². The van der Waals surface area contributed by atoms with Crippen molar-refractivity contribution in [2.24, 2.45) is 0 Å². The van der Waals surface area contributed by atoms with Crippen molar-refractivity contribution in [2.45, 2.75) is 19.0 Å². The highest BCUT2D eigenvalue weighted by Crippen LogP contribution is 2.26. The first-order valence-corrected chi connectivity index (χ1v) is 11.7. The Bertz CT molecular complexity index is 1060. The fraction of sp³-hybridized carbons (Fsp3) is 0.208. The number of sulfonamides is 1. The van der Waals surface area contributed by atoms with E-state index in [-0.39, 0.29) is 0 Å². The lowest BCUT2D eigenvalue weighted by Crippen LogP contribution is -2.48. The van der Waals surface area contributed by atoms with Crippen molar-refractivity contribution < 1.29 is 17.9 Å². The molecule has 1 N–H and O–H groups in total. The largest absolute Gasteiger partial charge is 0.497 e. The summed E-state index contributed by atoms with van der Waals surface area (Å²) in [5.74, 6) is 0.196. The van der Waals surface area contributed by atoms with E-state index in [1.54, 1.807) is 31.2 Å². The normalized spacial score (nSPS) is 12.3. The number of ether oxygens (including phenoxy) is 1. The molecule has 0 fully saturated rings. The van der Waals surface area contributed by atoms with Gasteiger partial charge < -0.3 is 10.1 Å². The van der Waals surface area contributed by atoms with Crippen molar-refractivity contribution in [3.63, 3.8) is 0 Å². The van der Waals surface area contributed by atoms with Crippen LogP contribution in [-0.2, 0) is 14.8 Å². The maximum atomic E-state index is 13.2. The SMILES string of the molecule is COc1ccc(N([C@H](C)C(=O)NC(c2ccccc2)c2ccccc2)S(C)(=O)=O)cc1. The fourth-order valence-electron chi connectivity index (χ4n) is 3.45. The minimum atomic E-state index is -3.72. The van der Waals surface area contributed by atoms with Crippen LogP contribution in [0.15, 0.2) is 84.9 Å². The average molecular weight is 439 g/mol. The van der Waals surface area contributed by atoms with Gasteiger partial charge in [0.25, 0.3) is 0 Å². The van der Waals surface area contributed by atoms with Gasteiger partial charge in [-0.2, -0.15) is 0 Å². The second-order valence-electron chi connectivity index (χ2n) is 7.20. The van der Waals surface area contributed by atoms with Crippen LogP contribution in [0.4, 0.5) is 5.69 Å². The third kappa shape index (κ3) is 5.44. The molecule has 0 aromatic heterocycles. The number of nitrogens with one attached hydrogen (secondary N) is 1. The van der Waals surface area contributed by atoms with Crippen molar-refractivity contribution in [1.29, 1.82) is 0 Å². The first-order valence-electron chi connectivity index (χ1n) is 9.85. The molecule has 0 saturated heterocycles. The van der Waals surface area contributed by atoms with Gasteiger partial charge in [0.05, 0.1) is 25.1 Å². The van der Waals surface area contributed by atoms with Gasteiger partial charge in [0.15, 0.2) is 0 Å². The fourth-order valence-corrected chi connectivity index (χ4v) is 4.63. The molecule has 6 nitrogen and oxygen atoms in total. The van der Waals surface area contributed by atoms with Crippen molar-refractivity contribution in [1.82, 2.24) is 5.32 Å². The summed E-state index contributed by atoms with van der Waals surface area (Å²) in [7, 11) is -2.18. The summed E-state index contributed by atoms with van der Waals surface area (Å²) in [4.78, 5) is 13.2. The van der Waals surface area contributed by atoms with Gasteiger partial charge in [-0.25, -0.2) is 8.42 Å². The molecule has 3 aromatic rings. The first-order chi connectivity index (χ1) is 14.8. The van der Waals surface area contributed by atoms with Crippen molar-refractivity contribution in [3.8, 4) is 5.75 Å². The van der Waals surface area contributed by atoms with Crippen LogP contribution in [0, 0.1) is 0 Å². The molecule has 0 bridgehead atoms. The van der Waals surface area contributed by atoms with E-state index in [4.69, 9.17) is 4.74 Å². The number of methoxy groups -OCH3 is 1. The summed E-state index contributed by atoms with van der Waals surface area (Å²) in [6.45, 7) is 1.58. The number of benzene rings is 3. The minimum Gasteiger partial charge on any atom is -0.497 e. The van der Waals surface area contributed by atoms with Crippen LogP contribution >= 0.6 is 0 Å². The topological polar surface area (TPSA) is 75.7 Å². The number of hydrogen-bond acceptors (Lipinski definition) is 4. The second-order valence-corrected chi connectivity index (χ2v) is 9.06. The number of nitrogens with zero attached hydrogens (tertiary/aromatic N) is 1. The Morgan fingerprint density at radius 3 is 1.77 bits per heavy atom. The molecule has 0 unspecified atom stereocenters. The van der Waals surface area contributed by atoms with Crippen LogP contribution in [0.25, 0.3) is 0 Å². The Balaban J connectivity index is 1.92. The first kappa shape index (κ1) is 22.4. The third-order valence-corrected chi connectivity index (χ3v) is 6.21. The smallest absolute Gasteiger partial charge is 0.244 e. The van der Waals surface area contributed by atoms with Crippen molar-refractivity contribution in [3.05, 3.63) is 96.1 Å². The molecule has 0 saturated carbocycles. The highest BCUT2D eigenvalue weighted by molar-refractivity contribution is 7.92. The quantitative estimate of drug-likeness (QED) is 0.581. The molecule has 7 heteroatoms. The average Bonchev–Trinajstić information content (AvgIpc) is 2.78. The maximum Gasteiger partial charge on any atom is 0.244 e. The summed E-state index contributed by atoms with van der Waals surface area (Å²) < 4.78 is 31.4. The molecule has 162 valence electrons. The maximum absolute atomic E-state index is 13.2. The Kier molecular flexibility index (Phi) is 6.97. The molecule has 0 heterocycles.